The standard InChI is InChI=1S/C15H16ClIN2S/c1-15(2,3)20-9-11-18-13(12(17)14(16)19-11)10-7-5-4-6-8-10/h4-8H,9H2,1-3H3. The molecular formula is C15H16ClIN2S. The van der Waals surface area contributed by atoms with Gasteiger partial charge < -0.3 is 0 Å². The Morgan fingerprint density at radius 3 is 2.40 bits per heavy atom. The summed E-state index contributed by atoms with van der Waals surface area (Å²) < 4.78 is 1.09. The summed E-state index contributed by atoms with van der Waals surface area (Å²) in [6.45, 7) is 6.55. The lowest BCUT2D eigenvalue weighted by molar-refractivity contribution is 0.800. The zero-order chi connectivity index (χ0) is 14.8. The number of halogens is 2. The molecule has 2 aromatic rings. The van der Waals surface area contributed by atoms with Crippen molar-refractivity contribution in [3.63, 3.8) is 0 Å². The first-order valence-electron chi connectivity index (χ1n) is 6.28. The van der Waals surface area contributed by atoms with E-state index >= 15 is 0 Å². The quantitative estimate of drug-likeness (QED) is 0.491. The first-order chi connectivity index (χ1) is 9.37. The van der Waals surface area contributed by atoms with Gasteiger partial charge in [0, 0.05) is 10.3 Å². The maximum absolute atomic E-state index is 6.25. The highest BCUT2D eigenvalue weighted by Crippen LogP contribution is 2.31. The number of nitrogens with zero attached hydrogens (tertiary/aromatic N) is 2. The lowest BCUT2D eigenvalue weighted by Crippen LogP contribution is -2.09. The maximum atomic E-state index is 6.25. The molecule has 0 atom stereocenters. The molecule has 0 saturated carbocycles. The largest absolute Gasteiger partial charge is 0.231 e. The van der Waals surface area contributed by atoms with Crippen molar-refractivity contribution >= 4 is 46.0 Å². The highest BCUT2D eigenvalue weighted by molar-refractivity contribution is 14.1. The molecule has 0 aliphatic heterocycles. The van der Waals surface area contributed by atoms with Crippen molar-refractivity contribution in [2.75, 3.05) is 0 Å². The minimum Gasteiger partial charge on any atom is -0.231 e. The smallest absolute Gasteiger partial charge is 0.146 e. The molecule has 0 amide bonds. The fraction of sp³-hybridized carbons (Fsp3) is 0.333. The van der Waals surface area contributed by atoms with Gasteiger partial charge in [-0.1, -0.05) is 62.7 Å². The van der Waals surface area contributed by atoms with Crippen LogP contribution in [0.25, 0.3) is 11.3 Å². The van der Waals surface area contributed by atoms with Gasteiger partial charge in [-0.15, -0.1) is 11.8 Å². The minimum absolute atomic E-state index is 0.186. The number of aromatic nitrogens is 2. The number of rotatable bonds is 3. The van der Waals surface area contributed by atoms with Crippen LogP contribution < -0.4 is 0 Å². The highest BCUT2D eigenvalue weighted by atomic mass is 127. The SMILES string of the molecule is CC(C)(C)SCc1nc(Cl)c(I)c(-c2ccccc2)n1. The van der Waals surface area contributed by atoms with Crippen LogP contribution in [-0.4, -0.2) is 14.7 Å². The molecule has 0 bridgehead atoms. The van der Waals surface area contributed by atoms with Gasteiger partial charge in [0.25, 0.3) is 0 Å². The monoisotopic (exact) mass is 418 g/mol. The van der Waals surface area contributed by atoms with Crippen molar-refractivity contribution in [1.29, 1.82) is 0 Å². The van der Waals surface area contributed by atoms with E-state index in [1.165, 1.54) is 0 Å². The van der Waals surface area contributed by atoms with E-state index < -0.39 is 0 Å². The third-order valence-electron chi connectivity index (χ3n) is 2.54. The Labute approximate surface area is 142 Å². The van der Waals surface area contributed by atoms with Crippen LogP contribution in [0.4, 0.5) is 0 Å². The van der Waals surface area contributed by atoms with Crippen LogP contribution in [0.3, 0.4) is 0 Å². The Kier molecular flexibility index (Phi) is 5.31. The van der Waals surface area contributed by atoms with Crippen LogP contribution >= 0.6 is 46.0 Å². The summed E-state index contributed by atoms with van der Waals surface area (Å²) in [5, 5.41) is 0.531. The number of hydrogen-bond donors (Lipinski definition) is 0. The molecule has 2 rings (SSSR count). The van der Waals surface area contributed by atoms with Gasteiger partial charge in [0.15, 0.2) is 0 Å². The van der Waals surface area contributed by atoms with Crippen LogP contribution in [0.5, 0.6) is 0 Å². The zero-order valence-corrected chi connectivity index (χ0v) is 15.4. The average molecular weight is 419 g/mol. The van der Waals surface area contributed by atoms with E-state index in [1.807, 2.05) is 42.1 Å². The van der Waals surface area contributed by atoms with Gasteiger partial charge in [-0.2, -0.15) is 0 Å². The molecule has 0 radical (unpaired) electrons. The molecule has 0 fully saturated rings. The second kappa shape index (κ2) is 6.62. The van der Waals surface area contributed by atoms with E-state index in [1.54, 1.807) is 0 Å². The fourth-order valence-electron chi connectivity index (χ4n) is 1.60. The molecule has 1 aromatic heterocycles. The molecule has 0 unspecified atom stereocenters. The van der Waals surface area contributed by atoms with Crippen molar-refractivity contribution < 1.29 is 0 Å². The van der Waals surface area contributed by atoms with Crippen LogP contribution in [0.15, 0.2) is 30.3 Å². The first kappa shape index (κ1) is 16.0. The summed E-state index contributed by atoms with van der Waals surface area (Å²) in [4.78, 5) is 9.07. The van der Waals surface area contributed by atoms with E-state index in [9.17, 15) is 0 Å². The molecule has 0 aliphatic carbocycles. The normalized spacial score (nSPS) is 11.7. The molecule has 1 aromatic carbocycles. The molecule has 0 spiro atoms. The maximum Gasteiger partial charge on any atom is 0.146 e. The van der Waals surface area contributed by atoms with Crippen LogP contribution in [0, 0.1) is 3.57 Å². The zero-order valence-electron chi connectivity index (χ0n) is 11.7. The molecule has 0 aliphatic rings. The Morgan fingerprint density at radius 2 is 1.80 bits per heavy atom. The Bertz CT molecular complexity index is 597. The molecule has 0 saturated heterocycles. The Hall–Kier alpha value is -0.330. The van der Waals surface area contributed by atoms with Crippen LogP contribution in [-0.2, 0) is 5.75 Å². The predicted molar refractivity (Wildman–Crippen MR) is 96.2 cm³/mol. The van der Waals surface area contributed by atoms with Crippen LogP contribution in [0.1, 0.15) is 26.6 Å². The van der Waals surface area contributed by atoms with Crippen molar-refractivity contribution in [3.05, 3.63) is 44.9 Å². The highest BCUT2D eigenvalue weighted by Gasteiger charge is 2.15. The lowest BCUT2D eigenvalue weighted by atomic mass is 10.1. The number of benzene rings is 1. The molecule has 0 N–H and O–H groups in total. The van der Waals surface area contributed by atoms with Gasteiger partial charge in [0.2, 0.25) is 0 Å². The van der Waals surface area contributed by atoms with E-state index in [2.05, 4.69) is 53.3 Å². The number of thioether (sulfide) groups is 1. The minimum atomic E-state index is 0.186. The summed E-state index contributed by atoms with van der Waals surface area (Å²) >= 11 is 10.3. The fourth-order valence-corrected chi connectivity index (χ4v) is 3.03. The average Bonchev–Trinajstić information content (AvgIpc) is 2.40. The van der Waals surface area contributed by atoms with Gasteiger partial charge in [-0.25, -0.2) is 9.97 Å². The summed E-state index contributed by atoms with van der Waals surface area (Å²) in [6.07, 6.45) is 0. The molecule has 106 valence electrons. The van der Waals surface area contributed by atoms with E-state index in [0.717, 1.165) is 26.4 Å². The van der Waals surface area contributed by atoms with Crippen molar-refractivity contribution in [2.24, 2.45) is 0 Å². The summed E-state index contributed by atoms with van der Waals surface area (Å²) in [6, 6.07) is 10.1. The second-order valence-electron chi connectivity index (χ2n) is 5.36. The number of hydrogen-bond acceptors (Lipinski definition) is 3. The topological polar surface area (TPSA) is 25.8 Å². The predicted octanol–water partition coefficient (Wildman–Crippen LogP) is 5.43. The molecule has 2 nitrogen and oxygen atoms in total. The third kappa shape index (κ3) is 4.33. The van der Waals surface area contributed by atoms with Gasteiger partial charge in [0.1, 0.15) is 11.0 Å². The van der Waals surface area contributed by atoms with Gasteiger partial charge in [-0.05, 0) is 22.6 Å². The summed E-state index contributed by atoms with van der Waals surface area (Å²) in [5.41, 5.74) is 1.99. The molecular weight excluding hydrogens is 403 g/mol. The molecule has 20 heavy (non-hydrogen) atoms. The molecule has 5 heteroatoms. The van der Waals surface area contributed by atoms with E-state index in [-0.39, 0.29) is 4.75 Å². The Morgan fingerprint density at radius 1 is 1.15 bits per heavy atom. The first-order valence-corrected chi connectivity index (χ1v) is 8.72. The van der Waals surface area contributed by atoms with E-state index in [4.69, 9.17) is 11.6 Å². The Balaban J connectivity index is 2.35. The molecule has 1 heterocycles. The van der Waals surface area contributed by atoms with E-state index in [0.29, 0.717) is 5.15 Å². The summed E-state index contributed by atoms with van der Waals surface area (Å²) in [7, 11) is 0. The van der Waals surface area contributed by atoms with Gasteiger partial charge in [-0.3, -0.25) is 0 Å². The van der Waals surface area contributed by atoms with Crippen molar-refractivity contribution in [2.45, 2.75) is 31.3 Å². The summed E-state index contributed by atoms with van der Waals surface area (Å²) in [5.74, 6) is 1.55. The van der Waals surface area contributed by atoms with Crippen LogP contribution in [0.2, 0.25) is 5.15 Å². The third-order valence-corrected chi connectivity index (χ3v) is 5.42. The second-order valence-corrected chi connectivity index (χ2v) is 8.60. The lowest BCUT2D eigenvalue weighted by Gasteiger charge is -2.17. The van der Waals surface area contributed by atoms with Gasteiger partial charge >= 0.3 is 0 Å². The van der Waals surface area contributed by atoms with Gasteiger partial charge in [0.05, 0.1) is 15.0 Å². The van der Waals surface area contributed by atoms with Crippen molar-refractivity contribution in [1.82, 2.24) is 9.97 Å². The van der Waals surface area contributed by atoms with Crippen molar-refractivity contribution in [3.8, 4) is 11.3 Å².